The molecule has 3 saturated heterocycles. The van der Waals surface area contributed by atoms with Crippen LogP contribution in [0.25, 0.3) is 28.0 Å². The monoisotopic (exact) mass is 925 g/mol. The number of Topliss-reactive ketones (excluding diaryl/α,β-unsaturated/α-hetero) is 2. The smallest absolute Gasteiger partial charge is 0.236 e. The standard InChI is InChI=1S/C42H46N10O2.C8H14O2.2C2H6/c1-30-3-5-32(6-4-30)33-13-15-47(16-14-33)29-40(54)51-23-19-49(20-24-51)37-10-7-34(8-11-37)38-28-52-42(36(25-43)27-45-52)41(46-38)35-9-12-39(44-26-35)50-21-17-48(18-22-50)31(2)53;1-6(8(3)10)4-5-7(2)9;2*1-2/h3-12,26-28,33H,13-24,29H2,1-2H3;6H,4-5H2,1-3H3;2*1-2H3. The normalized spacial score (nSPS) is 15.7. The van der Waals surface area contributed by atoms with Crippen LogP contribution in [0.2, 0.25) is 0 Å². The van der Waals surface area contributed by atoms with E-state index in [4.69, 9.17) is 9.97 Å². The Hall–Kier alpha value is -6.46. The van der Waals surface area contributed by atoms with Crippen molar-refractivity contribution in [3.05, 3.63) is 95.9 Å². The van der Waals surface area contributed by atoms with Crippen molar-refractivity contribution in [2.24, 2.45) is 5.92 Å². The van der Waals surface area contributed by atoms with Gasteiger partial charge in [-0.2, -0.15) is 10.4 Å². The molecule has 14 heteroatoms. The molecule has 14 nitrogen and oxygen atoms in total. The number of rotatable bonds is 11. The van der Waals surface area contributed by atoms with E-state index in [1.807, 2.05) is 62.7 Å². The van der Waals surface area contributed by atoms with Crippen molar-refractivity contribution in [3.63, 3.8) is 0 Å². The number of aromatic nitrogens is 4. The molecule has 3 aliphatic heterocycles. The Kier molecular flexibility index (Phi) is 19.8. The van der Waals surface area contributed by atoms with E-state index >= 15 is 0 Å². The predicted octanol–water partition coefficient (Wildman–Crippen LogP) is 8.47. The first kappa shape index (κ1) is 52.5. The lowest BCUT2D eigenvalue weighted by Crippen LogP contribution is -2.51. The number of hydrogen-bond donors (Lipinski definition) is 0. The molecule has 0 spiro atoms. The molecule has 3 aliphatic rings. The molecule has 2 aromatic carbocycles. The first-order chi connectivity index (χ1) is 32.9. The molecule has 0 N–H and O–H groups in total. The Bertz CT molecular complexity index is 2450. The van der Waals surface area contributed by atoms with Gasteiger partial charge in [0.2, 0.25) is 11.8 Å². The number of amides is 2. The fraction of sp³-hybridized carbons (Fsp3) is 0.481. The number of fused-ring (bicyclic) bond motifs is 1. The van der Waals surface area contributed by atoms with E-state index < -0.39 is 0 Å². The fourth-order valence-corrected chi connectivity index (χ4v) is 8.63. The number of carbonyl (C=O) groups is 4. The van der Waals surface area contributed by atoms with Gasteiger partial charge < -0.3 is 24.4 Å². The predicted molar refractivity (Wildman–Crippen MR) is 272 cm³/mol. The van der Waals surface area contributed by atoms with E-state index in [1.54, 1.807) is 37.7 Å². The molecule has 2 amide bonds. The lowest BCUT2D eigenvalue weighted by Gasteiger charge is -2.38. The number of hydrogen-bond acceptors (Lipinski definition) is 11. The van der Waals surface area contributed by atoms with E-state index in [0.29, 0.717) is 68.3 Å². The van der Waals surface area contributed by atoms with Crippen molar-refractivity contribution in [2.45, 2.75) is 93.9 Å². The van der Waals surface area contributed by atoms with Crippen molar-refractivity contribution >= 4 is 40.4 Å². The van der Waals surface area contributed by atoms with Crippen LogP contribution in [0.1, 0.15) is 104 Å². The second-order valence-electron chi connectivity index (χ2n) is 17.5. The third-order valence-electron chi connectivity index (χ3n) is 13.0. The van der Waals surface area contributed by atoms with Crippen LogP contribution in [0.5, 0.6) is 0 Å². The number of pyridine rings is 1. The number of likely N-dealkylation sites (tertiary alicyclic amines) is 1. The van der Waals surface area contributed by atoms with Gasteiger partial charge in [0.15, 0.2) is 0 Å². The first-order valence-electron chi connectivity index (χ1n) is 24.5. The Morgan fingerprint density at radius 2 is 1.34 bits per heavy atom. The van der Waals surface area contributed by atoms with Gasteiger partial charge in [0.05, 0.1) is 30.3 Å². The summed E-state index contributed by atoms with van der Waals surface area (Å²) in [7, 11) is 0. The molecule has 1 unspecified atom stereocenters. The van der Waals surface area contributed by atoms with Gasteiger partial charge in [-0.15, -0.1) is 0 Å². The minimum Gasteiger partial charge on any atom is -0.368 e. The van der Waals surface area contributed by atoms with Gasteiger partial charge >= 0.3 is 0 Å². The number of piperazine rings is 2. The van der Waals surface area contributed by atoms with E-state index in [9.17, 15) is 24.4 Å². The maximum Gasteiger partial charge on any atom is 0.236 e. The van der Waals surface area contributed by atoms with Crippen LogP contribution < -0.4 is 9.80 Å². The van der Waals surface area contributed by atoms with Crippen molar-refractivity contribution in [1.29, 1.82) is 5.26 Å². The SMILES string of the molecule is CC.CC.CC(=O)CCC(C)C(C)=O.CC(=O)N1CCN(c2ccc(-c3nc(-c4ccc(N5CCN(C(=O)CN6CCC(c7ccc(C)cc7)CC6)CC5)cc4)cn4ncc(C#N)c34)cn2)CC1. The topological polar surface area (TPSA) is 151 Å². The molecule has 1 atom stereocenters. The highest BCUT2D eigenvalue weighted by Gasteiger charge is 2.27. The summed E-state index contributed by atoms with van der Waals surface area (Å²) in [5.41, 5.74) is 8.02. The zero-order valence-corrected chi connectivity index (χ0v) is 41.9. The third kappa shape index (κ3) is 13.8. The molecule has 5 aromatic rings. The number of benzene rings is 2. The van der Waals surface area contributed by atoms with Crippen LogP contribution in [0.4, 0.5) is 11.5 Å². The summed E-state index contributed by atoms with van der Waals surface area (Å²) in [6, 6.07) is 23.5. The third-order valence-corrected chi connectivity index (χ3v) is 13.0. The van der Waals surface area contributed by atoms with E-state index in [0.717, 1.165) is 80.4 Å². The summed E-state index contributed by atoms with van der Waals surface area (Å²) in [5.74, 6) is 2.12. The molecule has 0 bridgehead atoms. The van der Waals surface area contributed by atoms with Crippen LogP contribution in [-0.2, 0) is 19.2 Å². The minimum absolute atomic E-state index is 0.0453. The Labute approximate surface area is 403 Å². The van der Waals surface area contributed by atoms with Crippen molar-refractivity contribution in [1.82, 2.24) is 34.3 Å². The quantitative estimate of drug-likeness (QED) is 0.126. The number of aryl methyl sites for hydroxylation is 1. The van der Waals surface area contributed by atoms with Gasteiger partial charge in [0, 0.05) is 94.6 Å². The fourth-order valence-electron chi connectivity index (χ4n) is 8.63. The number of anilines is 2. The molecule has 0 aliphatic carbocycles. The number of nitriles is 1. The van der Waals surface area contributed by atoms with Gasteiger partial charge in [-0.3, -0.25) is 19.3 Å². The van der Waals surface area contributed by atoms with Crippen LogP contribution in [0.15, 0.2) is 79.3 Å². The molecular formula is C54H72N10O4. The second-order valence-corrected chi connectivity index (χ2v) is 17.5. The van der Waals surface area contributed by atoms with E-state index in [1.165, 1.54) is 11.1 Å². The van der Waals surface area contributed by atoms with Gasteiger partial charge in [0.25, 0.3) is 0 Å². The Morgan fingerprint density at radius 3 is 1.90 bits per heavy atom. The van der Waals surface area contributed by atoms with Gasteiger partial charge in [-0.05, 0) is 88.9 Å². The molecule has 68 heavy (non-hydrogen) atoms. The van der Waals surface area contributed by atoms with Crippen molar-refractivity contribution in [3.8, 4) is 28.6 Å². The zero-order valence-electron chi connectivity index (χ0n) is 41.9. The molecule has 6 heterocycles. The molecular weight excluding hydrogens is 853 g/mol. The zero-order chi connectivity index (χ0) is 49.3. The molecule has 8 rings (SSSR count). The Morgan fingerprint density at radius 1 is 0.735 bits per heavy atom. The Balaban J connectivity index is 0.000000545. The molecule has 0 radical (unpaired) electrons. The highest BCUT2D eigenvalue weighted by Crippen LogP contribution is 2.31. The summed E-state index contributed by atoms with van der Waals surface area (Å²) in [6.45, 7) is 24.9. The highest BCUT2D eigenvalue weighted by atomic mass is 16.2. The number of piperidine rings is 1. The number of nitrogens with zero attached hydrogens (tertiary/aromatic N) is 10. The number of ketones is 2. The minimum atomic E-state index is 0.0453. The van der Waals surface area contributed by atoms with Crippen molar-refractivity contribution < 1.29 is 19.2 Å². The first-order valence-corrected chi connectivity index (χ1v) is 24.5. The summed E-state index contributed by atoms with van der Waals surface area (Å²) in [5, 5.41) is 14.4. The van der Waals surface area contributed by atoms with Crippen LogP contribution in [0, 0.1) is 24.2 Å². The summed E-state index contributed by atoms with van der Waals surface area (Å²) >= 11 is 0. The maximum atomic E-state index is 13.3. The lowest BCUT2D eigenvalue weighted by atomic mass is 9.89. The lowest BCUT2D eigenvalue weighted by molar-refractivity contribution is -0.133. The average molecular weight is 925 g/mol. The van der Waals surface area contributed by atoms with Gasteiger partial charge in [-0.1, -0.05) is 76.6 Å². The largest absolute Gasteiger partial charge is 0.368 e. The summed E-state index contributed by atoms with van der Waals surface area (Å²) < 4.78 is 1.72. The van der Waals surface area contributed by atoms with Gasteiger partial charge in [0.1, 0.15) is 34.5 Å². The summed E-state index contributed by atoms with van der Waals surface area (Å²) in [4.78, 5) is 66.7. The molecule has 3 fully saturated rings. The van der Waals surface area contributed by atoms with Crippen LogP contribution >= 0.6 is 0 Å². The van der Waals surface area contributed by atoms with Crippen molar-refractivity contribution in [2.75, 3.05) is 81.8 Å². The highest BCUT2D eigenvalue weighted by molar-refractivity contribution is 5.84. The van der Waals surface area contributed by atoms with Gasteiger partial charge in [-0.25, -0.2) is 14.5 Å². The van der Waals surface area contributed by atoms with E-state index in [2.05, 4.69) is 81.3 Å². The van der Waals surface area contributed by atoms with Crippen LogP contribution in [0.3, 0.4) is 0 Å². The second kappa shape index (κ2) is 25.6. The molecule has 0 saturated carbocycles. The number of carbonyl (C=O) groups excluding carboxylic acids is 4. The summed E-state index contributed by atoms with van der Waals surface area (Å²) in [6.07, 6.45) is 8.66. The molecule has 3 aromatic heterocycles. The average Bonchev–Trinajstić information content (AvgIpc) is 3.81. The van der Waals surface area contributed by atoms with Crippen LogP contribution in [-0.4, -0.2) is 130 Å². The maximum absolute atomic E-state index is 13.3. The molecule has 362 valence electrons. The van der Waals surface area contributed by atoms with E-state index in [-0.39, 0.29) is 29.3 Å².